The molecule has 3 N–H and O–H groups in total. The van der Waals surface area contributed by atoms with E-state index in [-0.39, 0.29) is 0 Å². The number of aromatic nitrogens is 2. The number of hydrogen-bond donors (Lipinski definition) is 2. The number of para-hydroxylation sites is 1. The first-order valence-corrected chi connectivity index (χ1v) is 12.1. The van der Waals surface area contributed by atoms with E-state index in [2.05, 4.69) is 22.0 Å². The molecule has 7 heteroatoms. The maximum Gasteiger partial charge on any atom is 0.259 e. The van der Waals surface area contributed by atoms with Crippen molar-refractivity contribution < 1.29 is 14.3 Å². The average Bonchev–Trinajstić information content (AvgIpc) is 3.53. The van der Waals surface area contributed by atoms with Crippen molar-refractivity contribution in [2.45, 2.75) is 13.1 Å². The summed E-state index contributed by atoms with van der Waals surface area (Å²) in [6, 6.07) is 21.8. The lowest BCUT2D eigenvalue weighted by Gasteiger charge is -2.07. The predicted molar refractivity (Wildman–Crippen MR) is 145 cm³/mol. The molecule has 184 valence electrons. The largest absolute Gasteiger partial charge is 0.497 e. The van der Waals surface area contributed by atoms with Crippen LogP contribution < -0.4 is 15.8 Å². The summed E-state index contributed by atoms with van der Waals surface area (Å²) in [7, 11) is 3.53. The molecule has 2 aromatic heterocycles. The molecule has 0 unspecified atom stereocenters. The first-order chi connectivity index (χ1) is 18.0. The number of hydrogen-bond acceptors (Lipinski definition) is 4. The molecule has 1 aliphatic heterocycles. The van der Waals surface area contributed by atoms with E-state index >= 15 is 0 Å². The number of aryl methyl sites for hydroxylation is 1. The molecule has 2 amide bonds. The fourth-order valence-electron chi connectivity index (χ4n) is 5.29. The van der Waals surface area contributed by atoms with E-state index in [1.165, 1.54) is 0 Å². The van der Waals surface area contributed by atoms with Gasteiger partial charge >= 0.3 is 0 Å². The number of nitrogens with one attached hydrogen (secondary N) is 1. The second kappa shape index (κ2) is 8.80. The zero-order chi connectivity index (χ0) is 25.7. The highest BCUT2D eigenvalue weighted by Gasteiger charge is 2.35. The van der Waals surface area contributed by atoms with Gasteiger partial charge in [-0.15, -0.1) is 0 Å². The Morgan fingerprint density at radius 1 is 0.811 bits per heavy atom. The number of nitrogens with zero attached hydrogens (tertiary/aromatic N) is 2. The van der Waals surface area contributed by atoms with Gasteiger partial charge in [0.15, 0.2) is 0 Å². The van der Waals surface area contributed by atoms with Crippen molar-refractivity contribution in [3.05, 3.63) is 101 Å². The number of ether oxygens (including phenoxy) is 1. The number of carbonyl (C=O) groups is 2. The summed E-state index contributed by atoms with van der Waals surface area (Å²) in [5, 5.41) is 4.30. The number of imide groups is 1. The van der Waals surface area contributed by atoms with Crippen LogP contribution in [0.5, 0.6) is 5.75 Å². The summed E-state index contributed by atoms with van der Waals surface area (Å²) in [6.45, 7) is 1.08. The molecule has 0 saturated heterocycles. The monoisotopic (exact) mass is 490 g/mol. The maximum absolute atomic E-state index is 13.3. The van der Waals surface area contributed by atoms with Crippen molar-refractivity contribution >= 4 is 44.8 Å². The molecule has 0 spiro atoms. The van der Waals surface area contributed by atoms with Gasteiger partial charge in [0, 0.05) is 65.5 Å². The van der Waals surface area contributed by atoms with Crippen LogP contribution in [-0.2, 0) is 29.7 Å². The molecule has 6 rings (SSSR count). The molecule has 7 nitrogen and oxygen atoms in total. The van der Waals surface area contributed by atoms with Crippen LogP contribution in [-0.4, -0.2) is 28.1 Å². The summed E-state index contributed by atoms with van der Waals surface area (Å²) in [5.41, 5.74) is 12.1. The topological polar surface area (TPSA) is 91.3 Å². The molecule has 37 heavy (non-hydrogen) atoms. The van der Waals surface area contributed by atoms with E-state index in [9.17, 15) is 9.59 Å². The van der Waals surface area contributed by atoms with Crippen molar-refractivity contribution in [3.8, 4) is 5.75 Å². The highest BCUT2D eigenvalue weighted by Crippen LogP contribution is 2.39. The molecule has 0 bridgehead atoms. The Morgan fingerprint density at radius 3 is 2.30 bits per heavy atom. The van der Waals surface area contributed by atoms with Crippen LogP contribution in [0.2, 0.25) is 0 Å². The van der Waals surface area contributed by atoms with Crippen molar-refractivity contribution in [1.82, 2.24) is 14.5 Å². The fourth-order valence-corrected chi connectivity index (χ4v) is 5.29. The molecule has 1 aliphatic rings. The van der Waals surface area contributed by atoms with E-state index < -0.39 is 11.8 Å². The summed E-state index contributed by atoms with van der Waals surface area (Å²) < 4.78 is 9.51. The van der Waals surface area contributed by atoms with Crippen LogP contribution in [0.4, 0.5) is 0 Å². The van der Waals surface area contributed by atoms with Gasteiger partial charge in [0.1, 0.15) is 5.75 Å². The summed E-state index contributed by atoms with van der Waals surface area (Å²) in [5.74, 6) is -0.112. The van der Waals surface area contributed by atoms with Gasteiger partial charge in [0.25, 0.3) is 11.8 Å². The Balaban J connectivity index is 1.58. The molecule has 0 fully saturated rings. The third-order valence-electron chi connectivity index (χ3n) is 7.04. The Labute approximate surface area is 213 Å². The number of carbonyl (C=O) groups excluding carboxylic acids is 2. The van der Waals surface area contributed by atoms with Crippen molar-refractivity contribution in [2.75, 3.05) is 7.11 Å². The minimum atomic E-state index is -0.400. The van der Waals surface area contributed by atoms with Gasteiger partial charge < -0.3 is 19.6 Å². The molecule has 3 aromatic carbocycles. The molecule has 0 atom stereocenters. The number of benzene rings is 3. The Hall–Kier alpha value is -4.62. The van der Waals surface area contributed by atoms with E-state index in [1.807, 2.05) is 78.6 Å². The Kier molecular flexibility index (Phi) is 5.43. The summed E-state index contributed by atoms with van der Waals surface area (Å²) in [4.78, 5) is 26.5. The highest BCUT2D eigenvalue weighted by molar-refractivity contribution is 6.50. The Bertz CT molecular complexity index is 1760. The minimum absolute atomic E-state index is 0.372. The van der Waals surface area contributed by atoms with Gasteiger partial charge in [-0.25, -0.2) is 0 Å². The van der Waals surface area contributed by atoms with Gasteiger partial charge in [0.05, 0.1) is 18.3 Å². The molecule has 0 saturated carbocycles. The zero-order valence-corrected chi connectivity index (χ0v) is 20.6. The predicted octanol–water partition coefficient (Wildman–Crippen LogP) is 4.22. The van der Waals surface area contributed by atoms with Crippen LogP contribution in [0, 0.1) is 0 Å². The van der Waals surface area contributed by atoms with E-state index in [4.69, 9.17) is 10.5 Å². The van der Waals surface area contributed by atoms with Crippen LogP contribution in [0.3, 0.4) is 0 Å². The van der Waals surface area contributed by atoms with Gasteiger partial charge in [-0.05, 0) is 35.4 Å². The number of rotatable bonds is 6. The quantitative estimate of drug-likeness (QED) is 0.349. The van der Waals surface area contributed by atoms with Crippen LogP contribution in [0.25, 0.3) is 33.0 Å². The van der Waals surface area contributed by atoms with E-state index in [0.29, 0.717) is 35.5 Å². The van der Waals surface area contributed by atoms with Crippen LogP contribution in [0.15, 0.2) is 79.1 Å². The SMILES string of the molecule is COc1ccc2c(c1)c(C1=C(c3cn(Cc4cccc(CN)c4)c4ccccc34)C(=O)NC1=O)cn2C. The van der Waals surface area contributed by atoms with E-state index in [1.54, 1.807) is 7.11 Å². The second-order valence-corrected chi connectivity index (χ2v) is 9.28. The molecular formula is C30H26N4O3. The fraction of sp³-hybridized carbons (Fsp3) is 0.133. The zero-order valence-electron chi connectivity index (χ0n) is 20.6. The van der Waals surface area contributed by atoms with Gasteiger partial charge in [0.2, 0.25) is 0 Å². The maximum atomic E-state index is 13.3. The molecule has 3 heterocycles. The van der Waals surface area contributed by atoms with E-state index in [0.717, 1.165) is 38.5 Å². The van der Waals surface area contributed by atoms with Crippen molar-refractivity contribution in [2.24, 2.45) is 12.8 Å². The highest BCUT2D eigenvalue weighted by atomic mass is 16.5. The number of amides is 2. The smallest absolute Gasteiger partial charge is 0.259 e. The standard InChI is InChI=1S/C30H26N4O3/c1-33-16-23(22-13-20(37-2)10-11-25(22)33)27-28(30(36)32-29(27)35)24-17-34(26-9-4-3-8-21(24)26)15-19-7-5-6-18(12-19)14-31/h3-13,16-17H,14-15,31H2,1-2H3,(H,32,35,36). The molecule has 0 radical (unpaired) electrons. The lowest BCUT2D eigenvalue weighted by Crippen LogP contribution is -2.22. The van der Waals surface area contributed by atoms with Crippen LogP contribution in [0.1, 0.15) is 22.3 Å². The lowest BCUT2D eigenvalue weighted by atomic mass is 9.95. The number of nitrogens with two attached hydrogens (primary N) is 1. The molecule has 5 aromatic rings. The third kappa shape index (κ3) is 3.72. The third-order valence-corrected chi connectivity index (χ3v) is 7.04. The lowest BCUT2D eigenvalue weighted by molar-refractivity contribution is -0.122. The normalized spacial score (nSPS) is 13.7. The molecule has 0 aliphatic carbocycles. The number of fused-ring (bicyclic) bond motifs is 2. The average molecular weight is 491 g/mol. The first kappa shape index (κ1) is 22.8. The minimum Gasteiger partial charge on any atom is -0.497 e. The van der Waals surface area contributed by atoms with Crippen molar-refractivity contribution in [1.29, 1.82) is 0 Å². The first-order valence-electron chi connectivity index (χ1n) is 12.1. The number of methoxy groups -OCH3 is 1. The van der Waals surface area contributed by atoms with Gasteiger partial charge in [-0.1, -0.05) is 42.5 Å². The summed E-state index contributed by atoms with van der Waals surface area (Å²) in [6.07, 6.45) is 3.87. The Morgan fingerprint density at radius 2 is 1.54 bits per heavy atom. The van der Waals surface area contributed by atoms with Crippen molar-refractivity contribution in [3.63, 3.8) is 0 Å². The molecular weight excluding hydrogens is 464 g/mol. The van der Waals surface area contributed by atoms with Gasteiger partial charge in [-0.3, -0.25) is 14.9 Å². The van der Waals surface area contributed by atoms with Crippen LogP contribution >= 0.6 is 0 Å². The second-order valence-electron chi connectivity index (χ2n) is 9.28. The summed E-state index contributed by atoms with van der Waals surface area (Å²) >= 11 is 0. The van der Waals surface area contributed by atoms with Gasteiger partial charge in [-0.2, -0.15) is 0 Å².